The molecular formula is C17H37N. The largest absolute Gasteiger partial charge is 0.316 e. The van der Waals surface area contributed by atoms with Gasteiger partial charge in [0.25, 0.3) is 0 Å². The van der Waals surface area contributed by atoms with E-state index >= 15 is 0 Å². The van der Waals surface area contributed by atoms with Crippen molar-refractivity contribution in [2.45, 2.75) is 85.5 Å². The Labute approximate surface area is 116 Å². The first kappa shape index (κ1) is 18.0. The summed E-state index contributed by atoms with van der Waals surface area (Å²) < 4.78 is 0. The van der Waals surface area contributed by atoms with Crippen LogP contribution in [0.4, 0.5) is 0 Å². The molecule has 0 bridgehead atoms. The standard InChI is InChI=1S/C17H37N/c1-5-7-8-9-10-11-12-17(14-16(3)4)15-18-13-6-2/h16-18H,5-15H2,1-4H3. The molecule has 18 heavy (non-hydrogen) atoms. The molecule has 0 aliphatic carbocycles. The Morgan fingerprint density at radius 3 is 2.11 bits per heavy atom. The van der Waals surface area contributed by atoms with Crippen LogP contribution in [-0.2, 0) is 0 Å². The first-order valence-electron chi connectivity index (χ1n) is 8.41. The Bertz CT molecular complexity index is 154. The van der Waals surface area contributed by atoms with E-state index in [2.05, 4.69) is 33.0 Å². The van der Waals surface area contributed by atoms with E-state index in [4.69, 9.17) is 0 Å². The second-order valence-corrected chi connectivity index (χ2v) is 6.26. The third kappa shape index (κ3) is 12.4. The number of nitrogens with one attached hydrogen (secondary N) is 1. The van der Waals surface area contributed by atoms with Gasteiger partial charge in [0.05, 0.1) is 0 Å². The molecule has 110 valence electrons. The van der Waals surface area contributed by atoms with Gasteiger partial charge in [-0.15, -0.1) is 0 Å². The van der Waals surface area contributed by atoms with Gasteiger partial charge in [-0.2, -0.15) is 0 Å². The maximum absolute atomic E-state index is 3.60. The van der Waals surface area contributed by atoms with Crippen LogP contribution in [0.25, 0.3) is 0 Å². The Morgan fingerprint density at radius 2 is 1.50 bits per heavy atom. The molecule has 0 heterocycles. The molecule has 0 rings (SSSR count). The Balaban J connectivity index is 3.58. The lowest BCUT2D eigenvalue weighted by atomic mass is 9.91. The molecule has 0 aromatic heterocycles. The van der Waals surface area contributed by atoms with Crippen molar-refractivity contribution >= 4 is 0 Å². The first-order valence-corrected chi connectivity index (χ1v) is 8.41. The molecule has 0 spiro atoms. The van der Waals surface area contributed by atoms with Crippen LogP contribution in [0.2, 0.25) is 0 Å². The Hall–Kier alpha value is -0.0400. The van der Waals surface area contributed by atoms with E-state index in [1.54, 1.807) is 0 Å². The maximum Gasteiger partial charge on any atom is -0.00204 e. The molecule has 0 aromatic rings. The molecule has 1 atom stereocenters. The van der Waals surface area contributed by atoms with Crippen LogP contribution < -0.4 is 5.32 Å². The first-order chi connectivity index (χ1) is 8.70. The minimum atomic E-state index is 0.846. The molecule has 1 N–H and O–H groups in total. The van der Waals surface area contributed by atoms with Crippen molar-refractivity contribution in [3.63, 3.8) is 0 Å². The highest BCUT2D eigenvalue weighted by Crippen LogP contribution is 2.18. The second-order valence-electron chi connectivity index (χ2n) is 6.26. The van der Waals surface area contributed by atoms with E-state index in [0.29, 0.717) is 0 Å². The van der Waals surface area contributed by atoms with E-state index < -0.39 is 0 Å². The number of hydrogen-bond donors (Lipinski definition) is 1. The van der Waals surface area contributed by atoms with Crippen LogP contribution in [0.1, 0.15) is 85.5 Å². The summed E-state index contributed by atoms with van der Waals surface area (Å²) in [7, 11) is 0. The van der Waals surface area contributed by atoms with E-state index in [-0.39, 0.29) is 0 Å². The van der Waals surface area contributed by atoms with Crippen molar-refractivity contribution in [2.24, 2.45) is 11.8 Å². The van der Waals surface area contributed by atoms with Crippen molar-refractivity contribution in [3.05, 3.63) is 0 Å². The fourth-order valence-electron chi connectivity index (χ4n) is 2.67. The summed E-state index contributed by atoms with van der Waals surface area (Å²) >= 11 is 0. The smallest absolute Gasteiger partial charge is 0.00204 e. The van der Waals surface area contributed by atoms with Gasteiger partial charge >= 0.3 is 0 Å². The maximum atomic E-state index is 3.60. The van der Waals surface area contributed by atoms with Gasteiger partial charge in [-0.1, -0.05) is 66.2 Å². The monoisotopic (exact) mass is 255 g/mol. The summed E-state index contributed by atoms with van der Waals surface area (Å²) in [5.74, 6) is 1.75. The highest BCUT2D eigenvalue weighted by molar-refractivity contribution is 4.65. The van der Waals surface area contributed by atoms with Crippen molar-refractivity contribution in [1.29, 1.82) is 0 Å². The van der Waals surface area contributed by atoms with Gasteiger partial charge in [0.2, 0.25) is 0 Å². The third-order valence-corrected chi connectivity index (χ3v) is 3.63. The van der Waals surface area contributed by atoms with E-state index in [1.165, 1.54) is 70.9 Å². The van der Waals surface area contributed by atoms with Crippen LogP contribution in [0.3, 0.4) is 0 Å². The Morgan fingerprint density at radius 1 is 0.833 bits per heavy atom. The highest BCUT2D eigenvalue weighted by Gasteiger charge is 2.10. The van der Waals surface area contributed by atoms with Gasteiger partial charge in [-0.3, -0.25) is 0 Å². The molecule has 0 aromatic carbocycles. The topological polar surface area (TPSA) is 12.0 Å². The lowest BCUT2D eigenvalue weighted by Crippen LogP contribution is -2.24. The fourth-order valence-corrected chi connectivity index (χ4v) is 2.67. The minimum absolute atomic E-state index is 0.846. The second kappa shape index (κ2) is 13.4. The van der Waals surface area contributed by atoms with Gasteiger partial charge in [-0.05, 0) is 44.2 Å². The van der Waals surface area contributed by atoms with Gasteiger partial charge in [0, 0.05) is 0 Å². The molecule has 0 aliphatic rings. The van der Waals surface area contributed by atoms with E-state index in [1.807, 2.05) is 0 Å². The minimum Gasteiger partial charge on any atom is -0.316 e. The number of rotatable bonds is 13. The Kier molecular flexibility index (Phi) is 13.4. The van der Waals surface area contributed by atoms with Gasteiger partial charge in [0.15, 0.2) is 0 Å². The number of unbranched alkanes of at least 4 members (excludes halogenated alkanes) is 5. The predicted molar refractivity (Wildman–Crippen MR) is 84.1 cm³/mol. The van der Waals surface area contributed by atoms with Crippen molar-refractivity contribution < 1.29 is 0 Å². The number of hydrogen-bond acceptors (Lipinski definition) is 1. The summed E-state index contributed by atoms with van der Waals surface area (Å²) in [5.41, 5.74) is 0. The SMILES string of the molecule is CCCCCCCCC(CNCCC)CC(C)C. The lowest BCUT2D eigenvalue weighted by molar-refractivity contribution is 0.354. The average molecular weight is 255 g/mol. The summed E-state index contributed by atoms with van der Waals surface area (Å²) in [5, 5.41) is 3.60. The van der Waals surface area contributed by atoms with Crippen molar-refractivity contribution in [1.82, 2.24) is 5.32 Å². The molecule has 1 unspecified atom stereocenters. The molecular weight excluding hydrogens is 218 g/mol. The molecule has 1 heteroatoms. The van der Waals surface area contributed by atoms with Crippen molar-refractivity contribution in [3.8, 4) is 0 Å². The summed E-state index contributed by atoms with van der Waals surface area (Å²) in [6.07, 6.45) is 12.6. The van der Waals surface area contributed by atoms with Crippen LogP contribution >= 0.6 is 0 Å². The lowest BCUT2D eigenvalue weighted by Gasteiger charge is -2.19. The van der Waals surface area contributed by atoms with Crippen molar-refractivity contribution in [2.75, 3.05) is 13.1 Å². The quantitative estimate of drug-likeness (QED) is 0.435. The molecule has 0 saturated carbocycles. The third-order valence-electron chi connectivity index (χ3n) is 3.63. The predicted octanol–water partition coefficient (Wildman–Crippen LogP) is 5.40. The summed E-state index contributed by atoms with van der Waals surface area (Å²) in [6, 6.07) is 0. The fraction of sp³-hybridized carbons (Fsp3) is 1.00. The molecule has 0 radical (unpaired) electrons. The van der Waals surface area contributed by atoms with E-state index in [0.717, 1.165) is 11.8 Å². The summed E-state index contributed by atoms with van der Waals surface area (Å²) in [6.45, 7) is 11.7. The van der Waals surface area contributed by atoms with Gasteiger partial charge < -0.3 is 5.32 Å². The van der Waals surface area contributed by atoms with Gasteiger partial charge in [-0.25, -0.2) is 0 Å². The zero-order chi connectivity index (χ0) is 13.6. The van der Waals surface area contributed by atoms with Crippen LogP contribution in [0.5, 0.6) is 0 Å². The highest BCUT2D eigenvalue weighted by atomic mass is 14.8. The molecule has 1 nitrogen and oxygen atoms in total. The van der Waals surface area contributed by atoms with Crippen LogP contribution in [0, 0.1) is 11.8 Å². The summed E-state index contributed by atoms with van der Waals surface area (Å²) in [4.78, 5) is 0. The molecule has 0 saturated heterocycles. The molecule has 0 aliphatic heterocycles. The van der Waals surface area contributed by atoms with Gasteiger partial charge in [0.1, 0.15) is 0 Å². The van der Waals surface area contributed by atoms with Crippen LogP contribution in [0.15, 0.2) is 0 Å². The van der Waals surface area contributed by atoms with Crippen LogP contribution in [-0.4, -0.2) is 13.1 Å². The zero-order valence-corrected chi connectivity index (χ0v) is 13.4. The normalized spacial score (nSPS) is 13.2. The molecule has 0 amide bonds. The van der Waals surface area contributed by atoms with E-state index in [9.17, 15) is 0 Å². The zero-order valence-electron chi connectivity index (χ0n) is 13.4. The average Bonchev–Trinajstić information content (AvgIpc) is 2.33. The molecule has 0 fully saturated rings.